The van der Waals surface area contributed by atoms with Crippen LogP contribution in [0.3, 0.4) is 0 Å². The lowest BCUT2D eigenvalue weighted by molar-refractivity contribution is 0.959. The fourth-order valence-corrected chi connectivity index (χ4v) is 1.46. The third kappa shape index (κ3) is 1.59. The predicted molar refractivity (Wildman–Crippen MR) is 45.1 cm³/mol. The number of alkyl halides is 1. The number of hydrogen-bond acceptors (Lipinski definition) is 2. The summed E-state index contributed by atoms with van der Waals surface area (Å²) in [5.41, 5.74) is 0.376. The van der Waals surface area contributed by atoms with E-state index in [0.717, 1.165) is 0 Å². The van der Waals surface area contributed by atoms with Crippen molar-refractivity contribution in [2.45, 2.75) is 12.3 Å². The molecule has 5 heteroatoms. The highest BCUT2D eigenvalue weighted by molar-refractivity contribution is 9.08. The predicted octanol–water partition coefficient (Wildman–Crippen LogP) is 0.267. The number of hydrogen-bond donors (Lipinski definition) is 2. The van der Waals surface area contributed by atoms with Crippen molar-refractivity contribution in [3.8, 4) is 0 Å². The van der Waals surface area contributed by atoms with Gasteiger partial charge in [-0.15, -0.1) is 0 Å². The van der Waals surface area contributed by atoms with Gasteiger partial charge >= 0.3 is 5.69 Å². The average Bonchev–Trinajstić information content (AvgIpc) is 1.85. The Morgan fingerprint density at radius 2 is 2.00 bits per heavy atom. The smallest absolute Gasteiger partial charge is 0.311 e. The normalized spacial score (nSPS) is 10.0. The SMILES string of the molecule is Cc1[nH]c(=O)[nH]c(=O)c1CBr. The summed E-state index contributed by atoms with van der Waals surface area (Å²) >= 11 is 3.14. The molecule has 0 aliphatic rings. The van der Waals surface area contributed by atoms with E-state index in [0.29, 0.717) is 16.6 Å². The Balaban J connectivity index is 3.49. The Morgan fingerprint density at radius 1 is 1.36 bits per heavy atom. The summed E-state index contributed by atoms with van der Waals surface area (Å²) in [4.78, 5) is 26.3. The maximum atomic E-state index is 11.0. The second-order valence-electron chi connectivity index (χ2n) is 2.15. The molecular formula is C6H7BrN2O2. The summed E-state index contributed by atoms with van der Waals surface area (Å²) in [6.07, 6.45) is 0. The van der Waals surface area contributed by atoms with Crippen LogP contribution in [0.1, 0.15) is 11.3 Å². The Hall–Kier alpha value is -0.840. The van der Waals surface area contributed by atoms with Gasteiger partial charge in [0.2, 0.25) is 0 Å². The Labute approximate surface area is 70.8 Å². The number of H-pyrrole nitrogens is 2. The molecule has 1 rings (SSSR count). The minimum atomic E-state index is -0.461. The average molecular weight is 219 g/mol. The van der Waals surface area contributed by atoms with E-state index in [9.17, 15) is 9.59 Å². The van der Waals surface area contributed by atoms with Crippen LogP contribution in [-0.2, 0) is 5.33 Å². The van der Waals surface area contributed by atoms with Gasteiger partial charge < -0.3 is 4.98 Å². The molecule has 0 aromatic carbocycles. The van der Waals surface area contributed by atoms with Gasteiger partial charge in [0.1, 0.15) is 0 Å². The Kier molecular flexibility index (Phi) is 2.28. The highest BCUT2D eigenvalue weighted by Gasteiger charge is 2.01. The molecule has 0 atom stereocenters. The van der Waals surface area contributed by atoms with E-state index < -0.39 is 5.69 Å². The highest BCUT2D eigenvalue weighted by atomic mass is 79.9. The zero-order valence-electron chi connectivity index (χ0n) is 5.90. The Morgan fingerprint density at radius 3 is 2.45 bits per heavy atom. The van der Waals surface area contributed by atoms with Crippen LogP contribution in [-0.4, -0.2) is 9.97 Å². The number of nitrogens with one attached hydrogen (secondary N) is 2. The van der Waals surface area contributed by atoms with E-state index in [1.165, 1.54) is 0 Å². The van der Waals surface area contributed by atoms with Gasteiger partial charge in [0.25, 0.3) is 5.56 Å². The molecule has 0 aliphatic carbocycles. The Bertz CT molecular complexity index is 366. The molecule has 60 valence electrons. The van der Waals surface area contributed by atoms with Crippen LogP contribution in [0.5, 0.6) is 0 Å². The number of rotatable bonds is 1. The molecule has 0 bridgehead atoms. The van der Waals surface area contributed by atoms with Gasteiger partial charge in [-0.25, -0.2) is 4.79 Å². The summed E-state index contributed by atoms with van der Waals surface area (Å²) in [6.45, 7) is 1.69. The van der Waals surface area contributed by atoms with Crippen molar-refractivity contribution in [1.82, 2.24) is 9.97 Å². The molecule has 2 N–H and O–H groups in total. The lowest BCUT2D eigenvalue weighted by Gasteiger charge is -1.97. The van der Waals surface area contributed by atoms with E-state index in [2.05, 4.69) is 25.9 Å². The van der Waals surface area contributed by atoms with Crippen LogP contribution in [0.25, 0.3) is 0 Å². The zero-order chi connectivity index (χ0) is 8.43. The minimum Gasteiger partial charge on any atom is -0.311 e. The van der Waals surface area contributed by atoms with Crippen LogP contribution in [0.2, 0.25) is 0 Å². The molecule has 0 aliphatic heterocycles. The van der Waals surface area contributed by atoms with E-state index in [4.69, 9.17) is 0 Å². The first kappa shape index (κ1) is 8.26. The molecule has 11 heavy (non-hydrogen) atoms. The molecule has 4 nitrogen and oxygen atoms in total. The quantitative estimate of drug-likeness (QED) is 0.665. The largest absolute Gasteiger partial charge is 0.325 e. The summed E-state index contributed by atoms with van der Waals surface area (Å²) in [6, 6.07) is 0. The number of aromatic nitrogens is 2. The molecule has 0 saturated heterocycles. The number of halogens is 1. The first-order valence-corrected chi connectivity index (χ1v) is 4.15. The lowest BCUT2D eigenvalue weighted by atomic mass is 10.3. The zero-order valence-corrected chi connectivity index (χ0v) is 7.49. The molecule has 0 spiro atoms. The van der Waals surface area contributed by atoms with Crippen molar-refractivity contribution in [2.75, 3.05) is 0 Å². The van der Waals surface area contributed by atoms with Crippen LogP contribution >= 0.6 is 15.9 Å². The third-order valence-electron chi connectivity index (χ3n) is 1.39. The third-order valence-corrected chi connectivity index (χ3v) is 1.95. The second kappa shape index (κ2) is 3.04. The fourth-order valence-electron chi connectivity index (χ4n) is 0.787. The van der Waals surface area contributed by atoms with Crippen molar-refractivity contribution in [1.29, 1.82) is 0 Å². The molecular weight excluding hydrogens is 212 g/mol. The molecule has 0 fully saturated rings. The molecule has 0 radical (unpaired) electrons. The monoisotopic (exact) mass is 218 g/mol. The second-order valence-corrected chi connectivity index (χ2v) is 2.71. The first-order valence-electron chi connectivity index (χ1n) is 3.03. The fraction of sp³-hybridized carbons (Fsp3) is 0.333. The molecule has 1 aromatic heterocycles. The van der Waals surface area contributed by atoms with E-state index in [1.54, 1.807) is 6.92 Å². The molecule has 0 unspecified atom stereocenters. The standard InChI is InChI=1S/C6H7BrN2O2/c1-3-4(2-7)5(10)9-6(11)8-3/h2H2,1H3,(H2,8,9,10,11). The highest BCUT2D eigenvalue weighted by Crippen LogP contribution is 1.99. The molecule has 1 heterocycles. The first-order chi connectivity index (χ1) is 5.15. The molecule has 0 saturated carbocycles. The van der Waals surface area contributed by atoms with Gasteiger partial charge in [-0.2, -0.15) is 0 Å². The summed E-state index contributed by atoms with van der Waals surface area (Å²) in [5, 5.41) is 0.449. The molecule has 0 amide bonds. The van der Waals surface area contributed by atoms with Gasteiger partial charge in [0.15, 0.2) is 0 Å². The van der Waals surface area contributed by atoms with Crippen molar-refractivity contribution in [3.63, 3.8) is 0 Å². The summed E-state index contributed by atoms with van der Waals surface area (Å²) in [7, 11) is 0. The van der Waals surface area contributed by atoms with Gasteiger partial charge in [-0.3, -0.25) is 9.78 Å². The lowest BCUT2D eigenvalue weighted by Crippen LogP contribution is -2.26. The number of aryl methyl sites for hydroxylation is 1. The van der Waals surface area contributed by atoms with Gasteiger partial charge in [-0.05, 0) is 6.92 Å². The van der Waals surface area contributed by atoms with E-state index >= 15 is 0 Å². The van der Waals surface area contributed by atoms with Crippen molar-refractivity contribution in [2.24, 2.45) is 0 Å². The maximum Gasteiger partial charge on any atom is 0.325 e. The van der Waals surface area contributed by atoms with Crippen LogP contribution in [0, 0.1) is 6.92 Å². The summed E-state index contributed by atoms with van der Waals surface area (Å²) < 4.78 is 0. The van der Waals surface area contributed by atoms with Gasteiger partial charge in [0, 0.05) is 16.6 Å². The van der Waals surface area contributed by atoms with E-state index in [-0.39, 0.29) is 5.56 Å². The van der Waals surface area contributed by atoms with Gasteiger partial charge in [-0.1, -0.05) is 15.9 Å². The van der Waals surface area contributed by atoms with E-state index in [1.807, 2.05) is 0 Å². The summed E-state index contributed by atoms with van der Waals surface area (Å²) in [5.74, 6) is 0. The maximum absolute atomic E-state index is 11.0. The van der Waals surface area contributed by atoms with Crippen LogP contribution < -0.4 is 11.2 Å². The van der Waals surface area contributed by atoms with Crippen molar-refractivity contribution < 1.29 is 0 Å². The van der Waals surface area contributed by atoms with Crippen molar-refractivity contribution in [3.05, 3.63) is 32.1 Å². The van der Waals surface area contributed by atoms with Crippen LogP contribution in [0.4, 0.5) is 0 Å². The van der Waals surface area contributed by atoms with Gasteiger partial charge in [0.05, 0.1) is 0 Å². The molecule has 1 aromatic rings. The van der Waals surface area contributed by atoms with Crippen LogP contribution in [0.15, 0.2) is 9.59 Å². The van der Waals surface area contributed by atoms with Crippen molar-refractivity contribution >= 4 is 15.9 Å². The minimum absolute atomic E-state index is 0.330. The number of aromatic amines is 2. The topological polar surface area (TPSA) is 65.7 Å².